The van der Waals surface area contributed by atoms with Crippen molar-refractivity contribution < 1.29 is 4.39 Å². The largest absolute Gasteiger partial charge is 0.358 e. The number of rotatable bonds is 7. The number of hydrogen-bond acceptors (Lipinski definition) is 6. The predicted octanol–water partition coefficient (Wildman–Crippen LogP) is 8.27. The average Bonchev–Trinajstić information content (AvgIpc) is 3.66. The molecule has 0 spiro atoms. The Morgan fingerprint density at radius 3 is 2.59 bits per heavy atom. The zero-order valence-electron chi connectivity index (χ0n) is 24.7. The molecule has 0 saturated carbocycles. The van der Waals surface area contributed by atoms with E-state index in [2.05, 4.69) is 54.2 Å². The Hall–Kier alpha value is -5.70. The van der Waals surface area contributed by atoms with Gasteiger partial charge in [-0.1, -0.05) is 56.8 Å². The third kappa shape index (κ3) is 5.80. The second-order valence-electron chi connectivity index (χ2n) is 10.2. The Morgan fingerprint density at radius 2 is 1.77 bits per heavy atom. The lowest BCUT2D eigenvalue weighted by molar-refractivity contribution is 0.627. The summed E-state index contributed by atoms with van der Waals surface area (Å²) in [7, 11) is 0. The molecule has 5 aromatic heterocycles. The van der Waals surface area contributed by atoms with Gasteiger partial charge in [-0.15, -0.1) is 0 Å². The summed E-state index contributed by atoms with van der Waals surface area (Å²) in [5.74, 6) is 0.259. The van der Waals surface area contributed by atoms with E-state index in [1.807, 2.05) is 63.2 Å². The number of fused-ring (bicyclic) bond motifs is 2. The number of halogens is 1. The second-order valence-corrected chi connectivity index (χ2v) is 10.2. The van der Waals surface area contributed by atoms with Crippen LogP contribution < -0.4 is 5.32 Å². The molecule has 0 bridgehead atoms. The van der Waals surface area contributed by atoms with Crippen LogP contribution in [-0.2, 0) is 6.42 Å². The molecule has 0 radical (unpaired) electrons. The minimum Gasteiger partial charge on any atom is -0.358 e. The zero-order chi connectivity index (χ0) is 30.6. The fourth-order valence-electron chi connectivity index (χ4n) is 5.15. The number of aryl methyl sites for hydroxylation is 1. The Balaban J connectivity index is 0.00000168. The van der Waals surface area contributed by atoms with E-state index in [0.29, 0.717) is 29.1 Å². The van der Waals surface area contributed by atoms with Crippen LogP contribution in [0.1, 0.15) is 25.0 Å². The quantitative estimate of drug-likeness (QED) is 0.175. The van der Waals surface area contributed by atoms with Crippen molar-refractivity contribution in [3.05, 3.63) is 121 Å². The maximum absolute atomic E-state index is 14.2. The topological polar surface area (TPSA) is 108 Å². The highest BCUT2D eigenvalue weighted by molar-refractivity contribution is 5.96. The molecule has 2 aromatic carbocycles. The van der Waals surface area contributed by atoms with Crippen LogP contribution in [-0.4, -0.2) is 35.1 Å². The monoisotopic (exact) mass is 582 g/mol. The number of benzene rings is 2. The highest BCUT2D eigenvalue weighted by Crippen LogP contribution is 2.32. The normalized spacial score (nSPS) is 10.9. The first-order chi connectivity index (χ1) is 21.5. The maximum Gasteiger partial charge on any atom is 0.178 e. The minimum absolute atomic E-state index is 0.290. The Labute approximate surface area is 254 Å². The van der Waals surface area contributed by atoms with Crippen LogP contribution >= 0.6 is 0 Å². The van der Waals surface area contributed by atoms with Gasteiger partial charge in [0.15, 0.2) is 11.5 Å². The molecule has 0 aliphatic heterocycles. The summed E-state index contributed by atoms with van der Waals surface area (Å²) < 4.78 is 14.2. The van der Waals surface area contributed by atoms with Crippen LogP contribution in [0.3, 0.4) is 0 Å². The molecule has 44 heavy (non-hydrogen) atoms. The maximum atomic E-state index is 14.2. The van der Waals surface area contributed by atoms with Crippen LogP contribution in [0.2, 0.25) is 0 Å². The van der Waals surface area contributed by atoms with Crippen molar-refractivity contribution in [2.45, 2.75) is 27.2 Å². The van der Waals surface area contributed by atoms with Crippen molar-refractivity contribution in [3.8, 4) is 33.9 Å². The number of H-pyrrole nitrogens is 2. The summed E-state index contributed by atoms with van der Waals surface area (Å²) in [5.41, 5.74) is 9.48. The van der Waals surface area contributed by atoms with Crippen molar-refractivity contribution >= 4 is 27.8 Å². The number of aromatic nitrogens is 7. The van der Waals surface area contributed by atoms with Gasteiger partial charge in [0.1, 0.15) is 11.5 Å². The van der Waals surface area contributed by atoms with E-state index in [1.54, 1.807) is 24.8 Å². The lowest BCUT2D eigenvalue weighted by Crippen LogP contribution is -2.02. The average molecular weight is 583 g/mol. The van der Waals surface area contributed by atoms with Crippen molar-refractivity contribution in [2.75, 3.05) is 5.32 Å². The number of nitrogens with one attached hydrogen (secondary N) is 3. The summed E-state index contributed by atoms with van der Waals surface area (Å²) >= 11 is 0. The van der Waals surface area contributed by atoms with Crippen LogP contribution in [0, 0.1) is 12.7 Å². The molecule has 0 unspecified atom stereocenters. The number of aromatic amines is 2. The lowest BCUT2D eigenvalue weighted by atomic mass is 10.0. The molecule has 7 rings (SSSR count). The molecular formula is C35H31FN8. The molecule has 0 fully saturated rings. The number of hydrogen-bond donors (Lipinski definition) is 3. The van der Waals surface area contributed by atoms with Crippen molar-refractivity contribution in [1.82, 2.24) is 35.1 Å². The van der Waals surface area contributed by atoms with Gasteiger partial charge >= 0.3 is 0 Å². The van der Waals surface area contributed by atoms with Gasteiger partial charge in [-0.3, -0.25) is 15.1 Å². The van der Waals surface area contributed by atoms with Crippen molar-refractivity contribution in [3.63, 3.8) is 0 Å². The number of imidazole rings is 1. The predicted molar refractivity (Wildman–Crippen MR) is 174 cm³/mol. The molecule has 0 aliphatic carbocycles. The number of pyridine rings is 3. The first kappa shape index (κ1) is 28.4. The van der Waals surface area contributed by atoms with Crippen LogP contribution in [0.15, 0.2) is 104 Å². The van der Waals surface area contributed by atoms with Crippen LogP contribution in [0.5, 0.6) is 0 Å². The molecule has 0 atom stereocenters. The Morgan fingerprint density at radius 1 is 0.932 bits per heavy atom. The van der Waals surface area contributed by atoms with Crippen molar-refractivity contribution in [2.24, 2.45) is 0 Å². The van der Waals surface area contributed by atoms with Gasteiger partial charge in [-0.2, -0.15) is 5.10 Å². The summed E-state index contributed by atoms with van der Waals surface area (Å²) in [6.07, 6.45) is 7.67. The molecule has 5 heterocycles. The zero-order valence-corrected chi connectivity index (χ0v) is 24.7. The molecular weight excluding hydrogens is 551 g/mol. The van der Waals surface area contributed by atoms with Crippen LogP contribution in [0.25, 0.3) is 56.0 Å². The van der Waals surface area contributed by atoms with E-state index >= 15 is 0 Å². The van der Waals surface area contributed by atoms with Gasteiger partial charge in [-0.05, 0) is 53.9 Å². The Kier molecular flexibility index (Phi) is 7.92. The van der Waals surface area contributed by atoms with E-state index in [-0.39, 0.29) is 5.82 Å². The highest BCUT2D eigenvalue weighted by atomic mass is 19.1. The summed E-state index contributed by atoms with van der Waals surface area (Å²) in [4.78, 5) is 21.6. The standard InChI is InChI=1S/C33H25FN8.C2H6/c1-19-10-22(13-24(34)11-19)26-8-9-36-32-30(26)39-33(40-32)31-27-15-28(37-18-29(27)41-42-31)23-14-25(17-35-16-23)38-20(2)12-21-6-4-3-5-7-21;1-2/h3-11,13-18,38H,2,12H2,1H3,(H,41,42)(H,36,39,40);1-2H3. The molecule has 3 N–H and O–H groups in total. The first-order valence-corrected chi connectivity index (χ1v) is 14.4. The summed E-state index contributed by atoms with van der Waals surface area (Å²) in [5, 5.41) is 11.8. The minimum atomic E-state index is -0.290. The van der Waals surface area contributed by atoms with Crippen molar-refractivity contribution in [1.29, 1.82) is 0 Å². The second kappa shape index (κ2) is 12.3. The smallest absolute Gasteiger partial charge is 0.178 e. The molecule has 0 aliphatic rings. The summed E-state index contributed by atoms with van der Waals surface area (Å²) in [6.45, 7) is 10.0. The van der Waals surface area contributed by atoms with E-state index in [4.69, 9.17) is 4.98 Å². The number of allylic oxidation sites excluding steroid dienone is 1. The molecule has 218 valence electrons. The SMILES string of the molecule is C=C(Cc1ccccc1)Nc1cncc(-c2cc3c(-c4nc5nccc(-c6cc(C)cc(F)c6)c5[nH]4)n[nH]c3cn2)c1.CC. The third-order valence-corrected chi connectivity index (χ3v) is 7.03. The van der Waals surface area contributed by atoms with Gasteiger partial charge in [0.05, 0.1) is 34.8 Å². The number of nitrogens with zero attached hydrogens (tertiary/aromatic N) is 5. The molecule has 7 aromatic rings. The third-order valence-electron chi connectivity index (χ3n) is 7.03. The Bertz CT molecular complexity index is 2080. The number of anilines is 1. The first-order valence-electron chi connectivity index (χ1n) is 14.4. The van der Waals surface area contributed by atoms with Gasteiger partial charge in [0.2, 0.25) is 0 Å². The van der Waals surface area contributed by atoms with Gasteiger partial charge in [0.25, 0.3) is 0 Å². The molecule has 8 nitrogen and oxygen atoms in total. The van der Waals surface area contributed by atoms with E-state index < -0.39 is 0 Å². The van der Waals surface area contributed by atoms with E-state index in [0.717, 1.165) is 50.2 Å². The van der Waals surface area contributed by atoms with Gasteiger partial charge < -0.3 is 10.3 Å². The fourth-order valence-corrected chi connectivity index (χ4v) is 5.15. The molecule has 0 saturated heterocycles. The van der Waals surface area contributed by atoms with E-state index in [1.165, 1.54) is 17.7 Å². The van der Waals surface area contributed by atoms with Gasteiger partial charge in [0, 0.05) is 41.0 Å². The molecule has 0 amide bonds. The van der Waals surface area contributed by atoms with Gasteiger partial charge in [-0.25, -0.2) is 14.4 Å². The van der Waals surface area contributed by atoms with E-state index in [9.17, 15) is 4.39 Å². The van der Waals surface area contributed by atoms with Crippen LogP contribution in [0.4, 0.5) is 10.1 Å². The highest BCUT2D eigenvalue weighted by Gasteiger charge is 2.17. The molecule has 9 heteroatoms. The summed E-state index contributed by atoms with van der Waals surface area (Å²) in [6, 6.07) is 20.9. The lowest BCUT2D eigenvalue weighted by Gasteiger charge is -2.11. The fraction of sp³-hybridized carbons (Fsp3) is 0.114.